The Hall–Kier alpha value is -2.47. The highest BCUT2D eigenvalue weighted by atomic mass is 16.5. The lowest BCUT2D eigenvalue weighted by Crippen LogP contribution is -2.26. The number of nitrogens with one attached hydrogen (secondary N) is 2. The van der Waals surface area contributed by atoms with Crippen LogP contribution in [0.25, 0.3) is 0 Å². The summed E-state index contributed by atoms with van der Waals surface area (Å²) in [5.41, 5.74) is 3.35. The summed E-state index contributed by atoms with van der Waals surface area (Å²) in [6.45, 7) is 4.51. The summed E-state index contributed by atoms with van der Waals surface area (Å²) in [5.74, 6) is 0.451. The number of ether oxygens (including phenoxy) is 1. The average Bonchev–Trinajstić information content (AvgIpc) is 3.00. The van der Waals surface area contributed by atoms with Crippen LogP contribution in [0.3, 0.4) is 0 Å². The summed E-state index contributed by atoms with van der Waals surface area (Å²) < 4.78 is 5.39. The number of aromatic nitrogens is 2. The second-order valence-electron chi connectivity index (χ2n) is 5.67. The highest BCUT2D eigenvalue weighted by molar-refractivity contribution is 5.94. The van der Waals surface area contributed by atoms with Gasteiger partial charge in [-0.05, 0) is 51.0 Å². The van der Waals surface area contributed by atoms with Gasteiger partial charge in [-0.3, -0.25) is 4.79 Å². The molecule has 1 aliphatic heterocycles. The van der Waals surface area contributed by atoms with E-state index < -0.39 is 0 Å². The van der Waals surface area contributed by atoms with Crippen molar-refractivity contribution in [3.05, 3.63) is 41.7 Å². The van der Waals surface area contributed by atoms with Crippen molar-refractivity contribution in [2.45, 2.75) is 32.8 Å². The standard InChI is InChI=1S/C17H20N4O2/c1-11-9-12(2)19-17(18-11)21-14-6-3-5-13(10-14)20-16(22)15-7-4-8-23-15/h3,5-6,9-10,15H,4,7-8H2,1-2H3,(H,20,22)(H,18,19,21). The van der Waals surface area contributed by atoms with E-state index in [1.807, 2.05) is 44.2 Å². The molecule has 1 saturated heterocycles. The number of nitrogens with zero attached hydrogens (tertiary/aromatic N) is 2. The minimum atomic E-state index is -0.339. The number of hydrogen-bond acceptors (Lipinski definition) is 5. The maximum atomic E-state index is 12.1. The van der Waals surface area contributed by atoms with Gasteiger partial charge in [0.1, 0.15) is 6.10 Å². The zero-order valence-electron chi connectivity index (χ0n) is 13.3. The topological polar surface area (TPSA) is 76.1 Å². The van der Waals surface area contributed by atoms with Crippen molar-refractivity contribution in [2.75, 3.05) is 17.2 Å². The highest BCUT2D eigenvalue weighted by Crippen LogP contribution is 2.20. The fraction of sp³-hybridized carbons (Fsp3) is 0.353. The van der Waals surface area contributed by atoms with Gasteiger partial charge in [-0.1, -0.05) is 6.07 Å². The molecule has 0 saturated carbocycles. The number of carbonyl (C=O) groups is 1. The maximum Gasteiger partial charge on any atom is 0.253 e. The van der Waals surface area contributed by atoms with Gasteiger partial charge < -0.3 is 15.4 Å². The molecule has 1 aromatic heterocycles. The van der Waals surface area contributed by atoms with Gasteiger partial charge in [0.2, 0.25) is 5.95 Å². The molecule has 0 bridgehead atoms. The van der Waals surface area contributed by atoms with Crippen molar-refractivity contribution in [1.29, 1.82) is 0 Å². The monoisotopic (exact) mass is 312 g/mol. The van der Waals surface area contributed by atoms with Crippen LogP contribution in [0.1, 0.15) is 24.2 Å². The van der Waals surface area contributed by atoms with E-state index in [2.05, 4.69) is 20.6 Å². The molecule has 23 heavy (non-hydrogen) atoms. The predicted molar refractivity (Wildman–Crippen MR) is 88.8 cm³/mol. The average molecular weight is 312 g/mol. The zero-order chi connectivity index (χ0) is 16.2. The van der Waals surface area contributed by atoms with Crippen LogP contribution in [0, 0.1) is 13.8 Å². The number of rotatable bonds is 4. The molecule has 1 unspecified atom stereocenters. The minimum Gasteiger partial charge on any atom is -0.368 e. The lowest BCUT2D eigenvalue weighted by atomic mass is 10.2. The van der Waals surface area contributed by atoms with Crippen LogP contribution in [0.15, 0.2) is 30.3 Å². The molecular weight excluding hydrogens is 292 g/mol. The van der Waals surface area contributed by atoms with E-state index in [0.29, 0.717) is 12.6 Å². The Morgan fingerprint density at radius 3 is 2.61 bits per heavy atom. The van der Waals surface area contributed by atoms with Crippen LogP contribution in [0.2, 0.25) is 0 Å². The van der Waals surface area contributed by atoms with Crippen molar-refractivity contribution < 1.29 is 9.53 Å². The van der Waals surface area contributed by atoms with Crippen LogP contribution in [0.4, 0.5) is 17.3 Å². The first-order valence-corrected chi connectivity index (χ1v) is 7.72. The lowest BCUT2D eigenvalue weighted by Gasteiger charge is -2.12. The van der Waals surface area contributed by atoms with Crippen molar-refractivity contribution in [3.63, 3.8) is 0 Å². The molecule has 2 aromatic rings. The van der Waals surface area contributed by atoms with Gasteiger partial charge in [-0.25, -0.2) is 9.97 Å². The summed E-state index contributed by atoms with van der Waals surface area (Å²) in [5, 5.41) is 6.05. The summed E-state index contributed by atoms with van der Waals surface area (Å²) in [7, 11) is 0. The number of hydrogen-bond donors (Lipinski definition) is 2. The lowest BCUT2D eigenvalue weighted by molar-refractivity contribution is -0.124. The van der Waals surface area contributed by atoms with Gasteiger partial charge >= 0.3 is 0 Å². The van der Waals surface area contributed by atoms with Crippen LogP contribution >= 0.6 is 0 Å². The van der Waals surface area contributed by atoms with E-state index in [0.717, 1.165) is 35.6 Å². The van der Waals surface area contributed by atoms with Gasteiger partial charge in [0.05, 0.1) is 0 Å². The van der Waals surface area contributed by atoms with Crippen LogP contribution < -0.4 is 10.6 Å². The molecule has 0 aliphatic carbocycles. The van der Waals surface area contributed by atoms with Crippen molar-refractivity contribution in [3.8, 4) is 0 Å². The fourth-order valence-electron chi connectivity index (χ4n) is 2.59. The molecule has 120 valence electrons. The summed E-state index contributed by atoms with van der Waals surface area (Å²) in [6.07, 6.45) is 1.37. The second kappa shape index (κ2) is 6.75. The molecule has 0 spiro atoms. The molecule has 3 rings (SSSR count). The van der Waals surface area contributed by atoms with Gasteiger partial charge in [0.15, 0.2) is 0 Å². The molecule has 6 heteroatoms. The third kappa shape index (κ3) is 4.04. The number of aryl methyl sites for hydroxylation is 2. The Bertz CT molecular complexity index is 691. The molecule has 1 fully saturated rings. The Morgan fingerprint density at radius 1 is 1.17 bits per heavy atom. The highest BCUT2D eigenvalue weighted by Gasteiger charge is 2.23. The Balaban J connectivity index is 1.70. The number of benzene rings is 1. The summed E-state index contributed by atoms with van der Waals surface area (Å²) >= 11 is 0. The van der Waals surface area contributed by atoms with E-state index in [1.54, 1.807) is 0 Å². The normalized spacial score (nSPS) is 17.0. The third-order valence-corrected chi connectivity index (χ3v) is 3.59. The Morgan fingerprint density at radius 2 is 1.91 bits per heavy atom. The summed E-state index contributed by atoms with van der Waals surface area (Å²) in [4.78, 5) is 20.8. The van der Waals surface area contributed by atoms with Gasteiger partial charge in [0.25, 0.3) is 5.91 Å². The molecule has 6 nitrogen and oxygen atoms in total. The first kappa shape index (κ1) is 15.4. The van der Waals surface area contributed by atoms with E-state index in [-0.39, 0.29) is 12.0 Å². The SMILES string of the molecule is Cc1cc(C)nc(Nc2cccc(NC(=O)C3CCCO3)c2)n1. The van der Waals surface area contributed by atoms with Gasteiger partial charge in [-0.15, -0.1) is 0 Å². The second-order valence-corrected chi connectivity index (χ2v) is 5.67. The number of carbonyl (C=O) groups excluding carboxylic acids is 1. The van der Waals surface area contributed by atoms with Crippen molar-refractivity contribution in [2.24, 2.45) is 0 Å². The molecule has 1 amide bonds. The maximum absolute atomic E-state index is 12.1. The molecule has 1 aliphatic rings. The predicted octanol–water partition coefficient (Wildman–Crippen LogP) is 2.95. The van der Waals surface area contributed by atoms with Crippen molar-refractivity contribution in [1.82, 2.24) is 9.97 Å². The first-order valence-electron chi connectivity index (χ1n) is 7.72. The molecule has 2 heterocycles. The molecular formula is C17H20N4O2. The molecule has 1 aromatic carbocycles. The van der Waals surface area contributed by atoms with Crippen LogP contribution in [0.5, 0.6) is 0 Å². The van der Waals surface area contributed by atoms with Crippen molar-refractivity contribution >= 4 is 23.2 Å². The fourth-order valence-corrected chi connectivity index (χ4v) is 2.59. The van der Waals surface area contributed by atoms with Crippen LogP contribution in [-0.4, -0.2) is 28.6 Å². The smallest absolute Gasteiger partial charge is 0.253 e. The number of amides is 1. The Kier molecular flexibility index (Phi) is 4.52. The third-order valence-electron chi connectivity index (χ3n) is 3.59. The van der Waals surface area contributed by atoms with E-state index in [4.69, 9.17) is 4.74 Å². The minimum absolute atomic E-state index is 0.0951. The van der Waals surface area contributed by atoms with E-state index >= 15 is 0 Å². The van der Waals surface area contributed by atoms with E-state index in [9.17, 15) is 4.79 Å². The largest absolute Gasteiger partial charge is 0.368 e. The van der Waals surface area contributed by atoms with Gasteiger partial charge in [0, 0.05) is 29.4 Å². The zero-order valence-corrected chi connectivity index (χ0v) is 13.3. The summed E-state index contributed by atoms with van der Waals surface area (Å²) in [6, 6.07) is 9.40. The molecule has 0 radical (unpaired) electrons. The Labute approximate surface area is 135 Å². The van der Waals surface area contributed by atoms with Crippen LogP contribution in [-0.2, 0) is 9.53 Å². The number of anilines is 3. The quantitative estimate of drug-likeness (QED) is 0.907. The first-order chi connectivity index (χ1) is 11.1. The molecule has 2 N–H and O–H groups in total. The van der Waals surface area contributed by atoms with E-state index in [1.165, 1.54) is 0 Å². The van der Waals surface area contributed by atoms with Gasteiger partial charge in [-0.2, -0.15) is 0 Å². The molecule has 1 atom stereocenters.